The van der Waals surface area contributed by atoms with Gasteiger partial charge in [-0.15, -0.1) is 11.3 Å². The topological polar surface area (TPSA) is 89.3 Å². The van der Waals surface area contributed by atoms with E-state index in [1.165, 1.54) is 18.2 Å². The number of aryl methyl sites for hydroxylation is 1. The Morgan fingerprint density at radius 1 is 1.17 bits per heavy atom. The summed E-state index contributed by atoms with van der Waals surface area (Å²) in [6, 6.07) is 5.64. The number of primary sulfonamides is 1. The maximum absolute atomic E-state index is 12.9. The van der Waals surface area contributed by atoms with Crippen LogP contribution < -0.4 is 10.5 Å². The van der Waals surface area contributed by atoms with Crippen LogP contribution in [0.15, 0.2) is 35.2 Å². The number of fused-ring (bicyclic) bond motifs is 1. The SMILES string of the molecule is Cc1cc(S(N)(=O)=O)cc(NC(=O)c2sc3cc(C(F)(F)F)ccc3c2Cl)c1C. The molecule has 1 heterocycles. The van der Waals surface area contributed by atoms with Gasteiger partial charge in [0, 0.05) is 15.8 Å². The van der Waals surface area contributed by atoms with Crippen molar-refractivity contribution in [3.8, 4) is 0 Å². The summed E-state index contributed by atoms with van der Waals surface area (Å²) in [5, 5.41) is 8.07. The fourth-order valence-corrected chi connectivity index (χ4v) is 4.76. The number of anilines is 1. The van der Waals surface area contributed by atoms with Gasteiger partial charge in [-0.1, -0.05) is 17.7 Å². The van der Waals surface area contributed by atoms with Crippen LogP contribution in [0.5, 0.6) is 0 Å². The first-order chi connectivity index (χ1) is 13.3. The Balaban J connectivity index is 2.03. The third-order valence-corrected chi connectivity index (χ3v) is 6.93. The lowest BCUT2D eigenvalue weighted by atomic mass is 10.1. The highest BCUT2D eigenvalue weighted by Crippen LogP contribution is 2.39. The Hall–Kier alpha value is -2.14. The quantitative estimate of drug-likeness (QED) is 0.568. The third kappa shape index (κ3) is 4.25. The maximum atomic E-state index is 12.9. The van der Waals surface area contributed by atoms with Gasteiger partial charge in [0.25, 0.3) is 5.91 Å². The molecule has 0 radical (unpaired) electrons. The van der Waals surface area contributed by atoms with Crippen molar-refractivity contribution in [2.75, 3.05) is 5.32 Å². The van der Waals surface area contributed by atoms with Crippen molar-refractivity contribution in [2.45, 2.75) is 24.9 Å². The molecule has 0 unspecified atom stereocenters. The molecule has 0 spiro atoms. The molecule has 1 aromatic heterocycles. The predicted octanol–water partition coefficient (Wildman–Crippen LogP) is 5.09. The first-order valence-electron chi connectivity index (χ1n) is 8.03. The van der Waals surface area contributed by atoms with Crippen LogP contribution >= 0.6 is 22.9 Å². The molecular formula is C18H14ClF3N2O3S2. The van der Waals surface area contributed by atoms with Gasteiger partial charge in [-0.3, -0.25) is 4.79 Å². The minimum absolute atomic E-state index is 0.0130. The van der Waals surface area contributed by atoms with E-state index in [4.69, 9.17) is 16.7 Å². The lowest BCUT2D eigenvalue weighted by Gasteiger charge is -2.12. The Bertz CT molecular complexity index is 1250. The van der Waals surface area contributed by atoms with E-state index in [0.29, 0.717) is 16.5 Å². The summed E-state index contributed by atoms with van der Waals surface area (Å²) in [7, 11) is -3.99. The fraction of sp³-hybridized carbons (Fsp3) is 0.167. The van der Waals surface area contributed by atoms with Crippen molar-refractivity contribution >= 4 is 54.6 Å². The Kier molecular flexibility index (Phi) is 5.41. The number of halogens is 4. The van der Waals surface area contributed by atoms with Crippen molar-refractivity contribution < 1.29 is 26.4 Å². The van der Waals surface area contributed by atoms with Crippen molar-refractivity contribution in [1.29, 1.82) is 0 Å². The summed E-state index contributed by atoms with van der Waals surface area (Å²) in [5.41, 5.74) is 0.567. The average molecular weight is 463 g/mol. The molecule has 29 heavy (non-hydrogen) atoms. The molecule has 0 atom stereocenters. The van der Waals surface area contributed by atoms with Crippen LogP contribution in [0.1, 0.15) is 26.4 Å². The molecule has 0 aliphatic carbocycles. The molecule has 0 aliphatic heterocycles. The van der Waals surface area contributed by atoms with Crippen molar-refractivity contribution in [1.82, 2.24) is 0 Å². The number of amides is 1. The molecule has 0 saturated carbocycles. The highest BCUT2D eigenvalue weighted by atomic mass is 35.5. The molecule has 2 aromatic carbocycles. The second-order valence-electron chi connectivity index (χ2n) is 6.37. The van der Waals surface area contributed by atoms with E-state index in [1.54, 1.807) is 13.8 Å². The Labute approximate surface area is 173 Å². The first-order valence-corrected chi connectivity index (χ1v) is 10.8. The summed E-state index contributed by atoms with van der Waals surface area (Å²) < 4.78 is 62.3. The van der Waals surface area contributed by atoms with E-state index in [2.05, 4.69) is 5.32 Å². The number of benzene rings is 2. The van der Waals surface area contributed by atoms with Gasteiger partial charge in [-0.25, -0.2) is 13.6 Å². The lowest BCUT2D eigenvalue weighted by Crippen LogP contribution is -2.16. The Morgan fingerprint density at radius 3 is 2.41 bits per heavy atom. The number of nitrogens with two attached hydrogens (primary N) is 1. The van der Waals surface area contributed by atoms with Crippen LogP contribution in [0.2, 0.25) is 5.02 Å². The van der Waals surface area contributed by atoms with Crippen LogP contribution in [0.4, 0.5) is 18.9 Å². The molecule has 3 aromatic rings. The molecule has 154 valence electrons. The number of carbonyl (C=O) groups is 1. The van der Waals surface area contributed by atoms with E-state index in [-0.39, 0.29) is 25.2 Å². The van der Waals surface area contributed by atoms with Crippen LogP contribution in [0.3, 0.4) is 0 Å². The number of alkyl halides is 3. The number of carbonyl (C=O) groups excluding carboxylic acids is 1. The van der Waals surface area contributed by atoms with Gasteiger partial charge >= 0.3 is 6.18 Å². The maximum Gasteiger partial charge on any atom is 0.416 e. The number of rotatable bonds is 3. The third-order valence-electron chi connectivity index (χ3n) is 4.38. The number of thiophene rings is 1. The zero-order valence-corrected chi connectivity index (χ0v) is 17.4. The lowest BCUT2D eigenvalue weighted by molar-refractivity contribution is -0.137. The summed E-state index contributed by atoms with van der Waals surface area (Å²) in [6.07, 6.45) is -4.52. The number of hydrogen-bond acceptors (Lipinski definition) is 4. The molecule has 3 rings (SSSR count). The molecule has 3 N–H and O–H groups in total. The molecule has 0 saturated heterocycles. The number of sulfonamides is 1. The van der Waals surface area contributed by atoms with Crippen LogP contribution in [-0.4, -0.2) is 14.3 Å². The molecule has 1 amide bonds. The van der Waals surface area contributed by atoms with Crippen LogP contribution in [0.25, 0.3) is 10.1 Å². The summed E-state index contributed by atoms with van der Waals surface area (Å²) in [5.74, 6) is -0.668. The van der Waals surface area contributed by atoms with E-state index in [9.17, 15) is 26.4 Å². The highest BCUT2D eigenvalue weighted by Gasteiger charge is 2.31. The van der Waals surface area contributed by atoms with Crippen LogP contribution in [-0.2, 0) is 16.2 Å². The van der Waals surface area contributed by atoms with Gasteiger partial charge < -0.3 is 5.32 Å². The molecule has 0 fully saturated rings. The van der Waals surface area contributed by atoms with Gasteiger partial charge in [0.05, 0.1) is 15.5 Å². The van der Waals surface area contributed by atoms with Crippen molar-refractivity contribution in [2.24, 2.45) is 5.14 Å². The van der Waals surface area contributed by atoms with Gasteiger partial charge in [0.2, 0.25) is 10.0 Å². The van der Waals surface area contributed by atoms with Gasteiger partial charge in [0.1, 0.15) is 4.88 Å². The van der Waals surface area contributed by atoms with Gasteiger partial charge in [-0.2, -0.15) is 13.2 Å². The normalized spacial score (nSPS) is 12.4. The number of nitrogens with one attached hydrogen (secondary N) is 1. The van der Waals surface area contributed by atoms with Crippen LogP contribution in [0, 0.1) is 13.8 Å². The van der Waals surface area contributed by atoms with Crippen molar-refractivity contribution in [3.05, 3.63) is 56.9 Å². The zero-order chi connectivity index (χ0) is 21.7. The summed E-state index contributed by atoms with van der Waals surface area (Å²) >= 11 is 7.03. The molecule has 5 nitrogen and oxygen atoms in total. The van der Waals surface area contributed by atoms with E-state index >= 15 is 0 Å². The predicted molar refractivity (Wildman–Crippen MR) is 107 cm³/mol. The molecule has 11 heteroatoms. The van der Waals surface area contributed by atoms with Gasteiger partial charge in [-0.05, 0) is 49.2 Å². The van der Waals surface area contributed by atoms with Crippen molar-refractivity contribution in [3.63, 3.8) is 0 Å². The molecule has 0 aliphatic rings. The summed E-state index contributed by atoms with van der Waals surface area (Å²) in [4.78, 5) is 12.6. The van der Waals surface area contributed by atoms with E-state index < -0.39 is 27.7 Å². The van der Waals surface area contributed by atoms with E-state index in [0.717, 1.165) is 23.5 Å². The second-order valence-corrected chi connectivity index (χ2v) is 9.36. The van der Waals surface area contributed by atoms with Gasteiger partial charge in [0.15, 0.2) is 0 Å². The summed E-state index contributed by atoms with van der Waals surface area (Å²) in [6.45, 7) is 3.34. The zero-order valence-electron chi connectivity index (χ0n) is 15.0. The fourth-order valence-electron chi connectivity index (χ4n) is 2.69. The highest BCUT2D eigenvalue weighted by molar-refractivity contribution is 7.89. The number of hydrogen-bond donors (Lipinski definition) is 2. The largest absolute Gasteiger partial charge is 0.416 e. The second kappa shape index (κ2) is 7.28. The smallest absolute Gasteiger partial charge is 0.321 e. The monoisotopic (exact) mass is 462 g/mol. The van der Waals surface area contributed by atoms with E-state index in [1.807, 2.05) is 0 Å². The average Bonchev–Trinajstić information content (AvgIpc) is 2.93. The first kappa shape index (κ1) is 21.6. The molecular weight excluding hydrogens is 449 g/mol. The Morgan fingerprint density at radius 2 is 1.83 bits per heavy atom. The standard InChI is InChI=1S/C18H14ClF3N2O3S2/c1-8-5-11(29(23,26)27)7-13(9(8)2)24-17(25)16-15(19)12-4-3-10(18(20,21)22)6-14(12)28-16/h3-7H,1-2H3,(H,24,25)(H2,23,26,27). The minimum Gasteiger partial charge on any atom is -0.321 e. The molecule has 0 bridgehead atoms. The minimum atomic E-state index is -4.52.